The molecule has 4 heteroatoms. The molecule has 1 aliphatic carbocycles. The van der Waals surface area contributed by atoms with E-state index < -0.39 is 0 Å². The van der Waals surface area contributed by atoms with Crippen LogP contribution in [0.1, 0.15) is 29.6 Å². The first-order chi connectivity index (χ1) is 12.0. The molecule has 0 atom stereocenters. The third-order valence-electron chi connectivity index (χ3n) is 5.19. The summed E-state index contributed by atoms with van der Waals surface area (Å²) in [7, 11) is 4.03. The molecule has 0 radical (unpaired) electrons. The molecule has 0 aromatic heterocycles. The molecule has 3 rings (SSSR count). The van der Waals surface area contributed by atoms with Gasteiger partial charge in [0.15, 0.2) is 0 Å². The Balaban J connectivity index is 1.75. The van der Waals surface area contributed by atoms with Gasteiger partial charge in [-0.25, -0.2) is 0 Å². The monoisotopic (exact) mass is 338 g/mol. The van der Waals surface area contributed by atoms with Crippen molar-refractivity contribution in [1.82, 2.24) is 5.32 Å². The lowest BCUT2D eigenvalue weighted by molar-refractivity contribution is 0.0429. The molecule has 1 saturated carbocycles. The molecule has 0 aliphatic heterocycles. The smallest absolute Gasteiger partial charge is 0.251 e. The summed E-state index contributed by atoms with van der Waals surface area (Å²) in [6, 6.07) is 16.0. The van der Waals surface area contributed by atoms with E-state index in [0.29, 0.717) is 12.1 Å². The molecule has 1 amide bonds. The first-order valence-corrected chi connectivity index (χ1v) is 8.80. The van der Waals surface area contributed by atoms with Crippen LogP contribution in [0.3, 0.4) is 0 Å². The van der Waals surface area contributed by atoms with Crippen LogP contribution in [0.2, 0.25) is 0 Å². The van der Waals surface area contributed by atoms with Gasteiger partial charge < -0.3 is 15.3 Å². The maximum atomic E-state index is 12.5. The Morgan fingerprint density at radius 3 is 2.40 bits per heavy atom. The van der Waals surface area contributed by atoms with Gasteiger partial charge in [0.05, 0.1) is 6.61 Å². The number of carbonyl (C=O) groups is 1. The van der Waals surface area contributed by atoms with Crippen molar-refractivity contribution in [2.45, 2.75) is 19.3 Å². The van der Waals surface area contributed by atoms with Crippen LogP contribution in [0.15, 0.2) is 48.5 Å². The summed E-state index contributed by atoms with van der Waals surface area (Å²) in [5.41, 5.74) is 3.79. The third kappa shape index (κ3) is 3.85. The van der Waals surface area contributed by atoms with Crippen LogP contribution < -0.4 is 10.2 Å². The van der Waals surface area contributed by atoms with E-state index in [9.17, 15) is 9.90 Å². The van der Waals surface area contributed by atoms with Gasteiger partial charge in [0.1, 0.15) is 0 Å². The van der Waals surface area contributed by atoms with Gasteiger partial charge in [0.2, 0.25) is 0 Å². The number of hydrogen-bond donors (Lipinski definition) is 2. The fourth-order valence-electron chi connectivity index (χ4n) is 3.24. The minimum absolute atomic E-state index is 0.0784. The molecule has 2 aromatic rings. The first-order valence-electron chi connectivity index (χ1n) is 8.80. The molecule has 1 fully saturated rings. The number of aliphatic hydroxyl groups excluding tert-OH is 1. The highest BCUT2D eigenvalue weighted by molar-refractivity contribution is 5.95. The highest BCUT2D eigenvalue weighted by atomic mass is 16.3. The van der Waals surface area contributed by atoms with Crippen LogP contribution in [0, 0.1) is 5.41 Å². The Labute approximate surface area is 149 Å². The van der Waals surface area contributed by atoms with Crippen LogP contribution in [0.5, 0.6) is 0 Å². The van der Waals surface area contributed by atoms with E-state index in [2.05, 4.69) is 28.4 Å². The molecular formula is C21H26N2O2. The van der Waals surface area contributed by atoms with Gasteiger partial charge in [-0.3, -0.25) is 4.79 Å². The lowest BCUT2D eigenvalue weighted by Crippen LogP contribution is -2.44. The molecule has 0 bridgehead atoms. The van der Waals surface area contributed by atoms with Crippen molar-refractivity contribution in [2.24, 2.45) is 5.41 Å². The van der Waals surface area contributed by atoms with Gasteiger partial charge in [-0.05, 0) is 48.2 Å². The lowest BCUT2D eigenvalue weighted by atomic mass is 9.69. The first kappa shape index (κ1) is 17.5. The number of aliphatic hydroxyl groups is 1. The zero-order chi connectivity index (χ0) is 17.9. The number of amides is 1. The summed E-state index contributed by atoms with van der Waals surface area (Å²) in [4.78, 5) is 14.6. The van der Waals surface area contributed by atoms with Crippen molar-refractivity contribution in [3.05, 3.63) is 54.1 Å². The predicted octanol–water partition coefficient (Wildman–Crippen LogP) is 3.31. The largest absolute Gasteiger partial charge is 0.396 e. The van der Waals surface area contributed by atoms with E-state index in [-0.39, 0.29) is 17.9 Å². The Morgan fingerprint density at radius 2 is 1.80 bits per heavy atom. The van der Waals surface area contributed by atoms with Gasteiger partial charge >= 0.3 is 0 Å². The van der Waals surface area contributed by atoms with Crippen LogP contribution in [-0.2, 0) is 0 Å². The Kier molecular flexibility index (Phi) is 5.09. The fourth-order valence-corrected chi connectivity index (χ4v) is 3.24. The molecule has 2 aromatic carbocycles. The number of hydrogen-bond acceptors (Lipinski definition) is 3. The zero-order valence-electron chi connectivity index (χ0n) is 15.0. The van der Waals surface area contributed by atoms with Crippen LogP contribution in [-0.4, -0.2) is 38.3 Å². The Hall–Kier alpha value is -2.33. The molecular weight excluding hydrogens is 312 g/mol. The fraction of sp³-hybridized carbons (Fsp3) is 0.381. The number of benzene rings is 2. The van der Waals surface area contributed by atoms with Crippen LogP contribution >= 0.6 is 0 Å². The van der Waals surface area contributed by atoms with E-state index in [1.165, 1.54) is 0 Å². The maximum Gasteiger partial charge on any atom is 0.251 e. The van der Waals surface area contributed by atoms with Gasteiger partial charge in [0, 0.05) is 37.3 Å². The third-order valence-corrected chi connectivity index (χ3v) is 5.19. The molecule has 25 heavy (non-hydrogen) atoms. The molecule has 0 saturated heterocycles. The summed E-state index contributed by atoms with van der Waals surface area (Å²) in [5.74, 6) is -0.0784. The van der Waals surface area contributed by atoms with E-state index in [0.717, 1.165) is 36.1 Å². The summed E-state index contributed by atoms with van der Waals surface area (Å²) >= 11 is 0. The summed E-state index contributed by atoms with van der Waals surface area (Å²) < 4.78 is 0. The summed E-state index contributed by atoms with van der Waals surface area (Å²) in [5, 5.41) is 12.5. The Morgan fingerprint density at radius 1 is 1.12 bits per heavy atom. The molecule has 1 aliphatic rings. The zero-order valence-corrected chi connectivity index (χ0v) is 15.0. The minimum Gasteiger partial charge on any atom is -0.396 e. The van der Waals surface area contributed by atoms with Crippen molar-refractivity contribution in [2.75, 3.05) is 32.1 Å². The molecule has 132 valence electrons. The second-order valence-electron chi connectivity index (χ2n) is 7.22. The Bertz CT molecular complexity index is 746. The average molecular weight is 338 g/mol. The highest BCUT2D eigenvalue weighted by Gasteiger charge is 2.36. The highest BCUT2D eigenvalue weighted by Crippen LogP contribution is 2.39. The average Bonchev–Trinajstić information content (AvgIpc) is 2.61. The van der Waals surface area contributed by atoms with Crippen molar-refractivity contribution < 1.29 is 9.90 Å². The standard InChI is InChI=1S/C21H26N2O2/c1-23(2)19-9-4-7-17(13-19)16-6-3-8-18(12-16)20(25)22-14-21(15-24)10-5-11-21/h3-4,6-9,12-13,24H,5,10-11,14-15H2,1-2H3,(H,22,25). The number of rotatable bonds is 6. The number of nitrogens with zero attached hydrogens (tertiary/aromatic N) is 1. The SMILES string of the molecule is CN(C)c1cccc(-c2cccc(C(=O)NCC3(CO)CCC3)c2)c1. The molecule has 0 heterocycles. The molecule has 0 unspecified atom stereocenters. The topological polar surface area (TPSA) is 52.6 Å². The number of anilines is 1. The van der Waals surface area contributed by atoms with E-state index in [4.69, 9.17) is 0 Å². The van der Waals surface area contributed by atoms with E-state index >= 15 is 0 Å². The lowest BCUT2D eigenvalue weighted by Gasteiger charge is -2.40. The normalized spacial score (nSPS) is 15.3. The molecule has 4 nitrogen and oxygen atoms in total. The van der Waals surface area contributed by atoms with Gasteiger partial charge in [0.25, 0.3) is 5.91 Å². The minimum atomic E-state index is -0.104. The van der Waals surface area contributed by atoms with Gasteiger partial charge in [-0.2, -0.15) is 0 Å². The maximum absolute atomic E-state index is 12.5. The molecule has 0 spiro atoms. The van der Waals surface area contributed by atoms with Crippen molar-refractivity contribution >= 4 is 11.6 Å². The van der Waals surface area contributed by atoms with Crippen LogP contribution in [0.4, 0.5) is 5.69 Å². The summed E-state index contributed by atoms with van der Waals surface area (Å²) in [6.07, 6.45) is 3.11. The quantitative estimate of drug-likeness (QED) is 0.850. The predicted molar refractivity (Wildman–Crippen MR) is 102 cm³/mol. The van der Waals surface area contributed by atoms with E-state index in [1.54, 1.807) is 0 Å². The second-order valence-corrected chi connectivity index (χ2v) is 7.22. The van der Waals surface area contributed by atoms with Crippen molar-refractivity contribution in [3.8, 4) is 11.1 Å². The van der Waals surface area contributed by atoms with Gasteiger partial charge in [-0.1, -0.05) is 30.7 Å². The second kappa shape index (κ2) is 7.28. The number of carbonyl (C=O) groups excluding carboxylic acids is 1. The van der Waals surface area contributed by atoms with Gasteiger partial charge in [-0.15, -0.1) is 0 Å². The molecule has 2 N–H and O–H groups in total. The summed E-state index contributed by atoms with van der Waals surface area (Å²) in [6.45, 7) is 0.688. The number of nitrogens with one attached hydrogen (secondary N) is 1. The van der Waals surface area contributed by atoms with Crippen molar-refractivity contribution in [1.29, 1.82) is 0 Å². The van der Waals surface area contributed by atoms with E-state index in [1.807, 2.05) is 44.4 Å². The van der Waals surface area contributed by atoms with Crippen molar-refractivity contribution in [3.63, 3.8) is 0 Å². The van der Waals surface area contributed by atoms with Crippen LogP contribution in [0.25, 0.3) is 11.1 Å².